The first-order valence-electron chi connectivity index (χ1n) is 11.2. The van der Waals surface area contributed by atoms with Crippen molar-refractivity contribution in [2.75, 3.05) is 26.7 Å². The van der Waals surface area contributed by atoms with Crippen molar-refractivity contribution in [1.82, 2.24) is 4.90 Å². The summed E-state index contributed by atoms with van der Waals surface area (Å²) in [6.07, 6.45) is 3.57. The van der Waals surface area contributed by atoms with Gasteiger partial charge in [0.05, 0.1) is 19.2 Å². The minimum atomic E-state index is -0.994. The molecule has 3 aliphatic rings. The van der Waals surface area contributed by atoms with E-state index in [9.17, 15) is 4.21 Å². The van der Waals surface area contributed by atoms with Gasteiger partial charge in [0, 0.05) is 51.5 Å². The van der Waals surface area contributed by atoms with Crippen molar-refractivity contribution >= 4 is 22.8 Å². The molecule has 34 heavy (non-hydrogen) atoms. The largest absolute Gasteiger partial charge is 0.493 e. The van der Waals surface area contributed by atoms with Gasteiger partial charge in [0.15, 0.2) is 23.0 Å². The summed E-state index contributed by atoms with van der Waals surface area (Å²) in [6.45, 7) is 2.08. The molecule has 0 saturated heterocycles. The van der Waals surface area contributed by atoms with Crippen LogP contribution in [0.25, 0.3) is 0 Å². The Morgan fingerprint density at radius 3 is 2.62 bits per heavy atom. The Bertz CT molecular complexity index is 1280. The first kappa shape index (κ1) is 21.8. The van der Waals surface area contributed by atoms with E-state index in [0.29, 0.717) is 12.8 Å². The highest BCUT2D eigenvalue weighted by molar-refractivity contribution is 7.95. The lowest BCUT2D eigenvalue weighted by molar-refractivity contribution is 0.159. The molecule has 8 heteroatoms. The van der Waals surface area contributed by atoms with E-state index in [0.717, 1.165) is 58.7 Å². The lowest BCUT2D eigenvalue weighted by atomic mass is 9.83. The van der Waals surface area contributed by atoms with Crippen molar-refractivity contribution in [3.05, 3.63) is 70.8 Å². The SMILES string of the molecule is COc1ccc2c(c1OSc1ccc(S(C)=O)cc1)CN1CCc3cc4c(cc3C1C2)OCO4. The molecule has 2 atom stereocenters. The normalized spacial score (nSPS) is 19.1. The van der Waals surface area contributed by atoms with Crippen LogP contribution < -0.4 is 18.4 Å². The molecule has 3 aliphatic heterocycles. The summed E-state index contributed by atoms with van der Waals surface area (Å²) in [4.78, 5) is 4.28. The summed E-state index contributed by atoms with van der Waals surface area (Å²) in [7, 11) is 0.682. The summed E-state index contributed by atoms with van der Waals surface area (Å²) in [6, 6.07) is 16.4. The number of hydrogen-bond donors (Lipinski definition) is 0. The Hall–Kier alpha value is -2.68. The summed E-state index contributed by atoms with van der Waals surface area (Å²) in [5.41, 5.74) is 5.15. The van der Waals surface area contributed by atoms with Crippen molar-refractivity contribution in [1.29, 1.82) is 0 Å². The van der Waals surface area contributed by atoms with Crippen LogP contribution in [0.4, 0.5) is 0 Å². The second-order valence-corrected chi connectivity index (χ2v) is 10.9. The molecule has 3 aromatic rings. The number of hydrogen-bond acceptors (Lipinski definition) is 7. The van der Waals surface area contributed by atoms with Gasteiger partial charge in [-0.2, -0.15) is 0 Å². The molecule has 6 rings (SSSR count). The first-order valence-corrected chi connectivity index (χ1v) is 13.5. The highest BCUT2D eigenvalue weighted by Crippen LogP contribution is 2.47. The second kappa shape index (κ2) is 8.83. The standard InChI is InChI=1S/C26H25NO5S2/c1-29-23-8-3-16-11-22-20-13-25-24(30-15-31-25)12-17(20)9-10-27(22)14-21(16)26(23)32-33-18-4-6-19(7-5-18)34(2)28/h3-8,12-13,22H,9-11,14-15H2,1-2H3. The number of methoxy groups -OCH3 is 1. The number of benzene rings is 3. The monoisotopic (exact) mass is 495 g/mol. The minimum absolute atomic E-state index is 0.298. The van der Waals surface area contributed by atoms with Gasteiger partial charge in [-0.15, -0.1) is 0 Å². The first-order chi connectivity index (χ1) is 16.6. The zero-order valence-electron chi connectivity index (χ0n) is 19.0. The van der Waals surface area contributed by atoms with Crippen LogP contribution in [0, 0.1) is 0 Å². The number of ether oxygens (including phenoxy) is 3. The van der Waals surface area contributed by atoms with Gasteiger partial charge >= 0.3 is 0 Å². The maximum atomic E-state index is 11.7. The van der Waals surface area contributed by atoms with Gasteiger partial charge in [-0.3, -0.25) is 9.11 Å². The Kier molecular flexibility index (Phi) is 5.67. The molecule has 0 aromatic heterocycles. The molecule has 0 radical (unpaired) electrons. The fourth-order valence-electron chi connectivity index (χ4n) is 5.02. The third-order valence-corrected chi connectivity index (χ3v) is 8.45. The molecule has 3 heterocycles. The van der Waals surface area contributed by atoms with Gasteiger partial charge in [0.2, 0.25) is 6.79 Å². The molecule has 0 spiro atoms. The van der Waals surface area contributed by atoms with E-state index in [2.05, 4.69) is 23.1 Å². The molecule has 2 unspecified atom stereocenters. The van der Waals surface area contributed by atoms with E-state index in [1.54, 1.807) is 13.4 Å². The van der Waals surface area contributed by atoms with Crippen molar-refractivity contribution in [2.45, 2.75) is 35.2 Å². The van der Waals surface area contributed by atoms with Crippen molar-refractivity contribution in [3.63, 3.8) is 0 Å². The van der Waals surface area contributed by atoms with Crippen LogP contribution in [0.1, 0.15) is 28.3 Å². The van der Waals surface area contributed by atoms with E-state index >= 15 is 0 Å². The average Bonchev–Trinajstić information content (AvgIpc) is 3.32. The lowest BCUT2D eigenvalue weighted by Gasteiger charge is -2.42. The van der Waals surface area contributed by atoms with Gasteiger partial charge in [-0.25, -0.2) is 0 Å². The highest BCUT2D eigenvalue weighted by Gasteiger charge is 2.35. The molecule has 0 bridgehead atoms. The van der Waals surface area contributed by atoms with Crippen LogP contribution >= 0.6 is 12.0 Å². The van der Waals surface area contributed by atoms with Gasteiger partial charge in [0.25, 0.3) is 0 Å². The Morgan fingerprint density at radius 2 is 1.85 bits per heavy atom. The minimum Gasteiger partial charge on any atom is -0.493 e. The predicted molar refractivity (Wildman–Crippen MR) is 131 cm³/mol. The molecular formula is C26H25NO5S2. The molecule has 6 nitrogen and oxygen atoms in total. The van der Waals surface area contributed by atoms with Crippen LogP contribution in [-0.4, -0.2) is 35.8 Å². The summed E-state index contributed by atoms with van der Waals surface area (Å²) in [5.74, 6) is 3.22. The molecule has 0 N–H and O–H groups in total. The molecule has 176 valence electrons. The maximum Gasteiger partial charge on any atom is 0.231 e. The van der Waals surface area contributed by atoms with Crippen molar-refractivity contribution in [2.24, 2.45) is 0 Å². The third-order valence-electron chi connectivity index (χ3n) is 6.80. The molecule has 0 saturated carbocycles. The van der Waals surface area contributed by atoms with E-state index in [1.165, 1.54) is 34.3 Å². The molecular weight excluding hydrogens is 470 g/mol. The van der Waals surface area contributed by atoms with Crippen LogP contribution in [0.5, 0.6) is 23.0 Å². The van der Waals surface area contributed by atoms with Crippen LogP contribution in [0.2, 0.25) is 0 Å². The topological polar surface area (TPSA) is 57.2 Å². The highest BCUT2D eigenvalue weighted by atomic mass is 32.2. The van der Waals surface area contributed by atoms with E-state index < -0.39 is 10.8 Å². The van der Waals surface area contributed by atoms with Gasteiger partial charge in [0.1, 0.15) is 0 Å². The zero-order chi connectivity index (χ0) is 23.2. The average molecular weight is 496 g/mol. The molecule has 3 aromatic carbocycles. The molecule has 0 amide bonds. The number of nitrogens with zero attached hydrogens (tertiary/aromatic N) is 1. The summed E-state index contributed by atoms with van der Waals surface area (Å²) >= 11 is 1.30. The fourth-order valence-corrected chi connectivity index (χ4v) is 6.15. The Labute approximate surface area is 205 Å². The zero-order valence-corrected chi connectivity index (χ0v) is 20.7. The van der Waals surface area contributed by atoms with Gasteiger partial charge in [-0.1, -0.05) is 6.07 Å². The van der Waals surface area contributed by atoms with E-state index in [4.69, 9.17) is 18.4 Å². The van der Waals surface area contributed by atoms with Crippen LogP contribution in [0.15, 0.2) is 58.3 Å². The molecule has 0 aliphatic carbocycles. The maximum absolute atomic E-state index is 11.7. The van der Waals surface area contributed by atoms with E-state index in [-0.39, 0.29) is 0 Å². The third kappa shape index (κ3) is 3.83. The van der Waals surface area contributed by atoms with E-state index in [1.807, 2.05) is 30.3 Å². The van der Waals surface area contributed by atoms with Crippen molar-refractivity contribution in [3.8, 4) is 23.0 Å². The summed E-state index contributed by atoms with van der Waals surface area (Å²) in [5, 5.41) is 0. The smallest absolute Gasteiger partial charge is 0.231 e. The van der Waals surface area contributed by atoms with Gasteiger partial charge in [-0.05, 0) is 72.0 Å². The quantitative estimate of drug-likeness (QED) is 0.467. The Morgan fingerprint density at radius 1 is 1.06 bits per heavy atom. The Balaban J connectivity index is 1.29. The number of fused-ring (bicyclic) bond motifs is 5. The second-order valence-electron chi connectivity index (χ2n) is 8.67. The van der Waals surface area contributed by atoms with Crippen molar-refractivity contribution < 1.29 is 22.6 Å². The number of rotatable bonds is 5. The van der Waals surface area contributed by atoms with Crippen LogP contribution in [0.3, 0.4) is 0 Å². The molecule has 0 fully saturated rings. The lowest BCUT2D eigenvalue weighted by Crippen LogP contribution is -2.39. The van der Waals surface area contributed by atoms with Crippen LogP contribution in [-0.2, 0) is 30.2 Å². The summed E-state index contributed by atoms with van der Waals surface area (Å²) < 4.78 is 34.9. The van der Waals surface area contributed by atoms with Gasteiger partial charge < -0.3 is 18.4 Å². The fraction of sp³-hybridized carbons (Fsp3) is 0.308. The predicted octanol–water partition coefficient (Wildman–Crippen LogP) is 4.90.